The molecule has 0 radical (unpaired) electrons. The molecule has 1 fully saturated rings. The van der Waals surface area contributed by atoms with E-state index >= 15 is 0 Å². The Morgan fingerprint density at radius 3 is 2.89 bits per heavy atom. The van der Waals surface area contributed by atoms with Crippen LogP contribution in [0, 0.1) is 12.8 Å². The van der Waals surface area contributed by atoms with Crippen LogP contribution in [0.5, 0.6) is 17.2 Å². The molecule has 0 saturated carbocycles. The topological polar surface area (TPSA) is 88.1 Å². The van der Waals surface area contributed by atoms with E-state index in [4.69, 9.17) is 9.47 Å². The molecule has 1 unspecified atom stereocenters. The summed E-state index contributed by atoms with van der Waals surface area (Å²) in [5, 5.41) is 12.6. The summed E-state index contributed by atoms with van der Waals surface area (Å²) in [5.41, 5.74) is 2.21. The predicted molar refractivity (Wildman–Crippen MR) is 97.6 cm³/mol. The molecule has 4 rings (SSSR count). The van der Waals surface area contributed by atoms with Crippen molar-refractivity contribution in [3.63, 3.8) is 0 Å². The number of nitrogens with zero attached hydrogens (tertiary/aromatic N) is 1. The van der Waals surface area contributed by atoms with Crippen LogP contribution in [0.15, 0.2) is 36.4 Å². The Balaban J connectivity index is 1.41. The first-order valence-corrected chi connectivity index (χ1v) is 8.76. The summed E-state index contributed by atoms with van der Waals surface area (Å²) in [4.78, 5) is 26.5. The summed E-state index contributed by atoms with van der Waals surface area (Å²) in [6, 6.07) is 10.6. The van der Waals surface area contributed by atoms with Crippen molar-refractivity contribution in [1.82, 2.24) is 4.90 Å². The lowest BCUT2D eigenvalue weighted by Gasteiger charge is -2.17. The average Bonchev–Trinajstić information content (AvgIpc) is 3.25. The molecule has 1 atom stereocenters. The first-order chi connectivity index (χ1) is 13.0. The molecule has 2 aliphatic rings. The molecule has 2 amide bonds. The lowest BCUT2D eigenvalue weighted by atomic mass is 10.1. The van der Waals surface area contributed by atoms with Crippen LogP contribution in [0.1, 0.15) is 17.5 Å². The number of carbonyl (C=O) groups is 2. The number of aryl methyl sites for hydroxylation is 1. The molecule has 2 aliphatic heterocycles. The van der Waals surface area contributed by atoms with Gasteiger partial charge in [-0.2, -0.15) is 0 Å². The Labute approximate surface area is 156 Å². The normalized spacial score (nSPS) is 18.0. The van der Waals surface area contributed by atoms with E-state index in [1.807, 2.05) is 25.1 Å². The number of anilines is 1. The number of likely N-dealkylation sites (tertiary alicyclic amines) is 1. The largest absolute Gasteiger partial charge is 0.506 e. The zero-order valence-corrected chi connectivity index (χ0v) is 14.9. The monoisotopic (exact) mass is 368 g/mol. The Morgan fingerprint density at radius 2 is 2.04 bits per heavy atom. The fraction of sp³-hybridized carbons (Fsp3) is 0.300. The Hall–Kier alpha value is -3.22. The van der Waals surface area contributed by atoms with Crippen LogP contribution in [-0.2, 0) is 16.1 Å². The molecule has 0 spiro atoms. The molecular weight excluding hydrogens is 348 g/mol. The molecule has 2 aromatic carbocycles. The number of hydrogen-bond donors (Lipinski definition) is 2. The summed E-state index contributed by atoms with van der Waals surface area (Å²) in [6.07, 6.45) is 0.156. The van der Waals surface area contributed by atoms with Gasteiger partial charge >= 0.3 is 0 Å². The highest BCUT2D eigenvalue weighted by molar-refractivity contribution is 5.98. The van der Waals surface area contributed by atoms with Crippen molar-refractivity contribution < 1.29 is 24.2 Å². The number of rotatable bonds is 4. The first-order valence-electron chi connectivity index (χ1n) is 8.76. The van der Waals surface area contributed by atoms with Gasteiger partial charge in [0.2, 0.25) is 18.6 Å². The summed E-state index contributed by atoms with van der Waals surface area (Å²) < 4.78 is 10.7. The second-order valence-corrected chi connectivity index (χ2v) is 6.87. The Morgan fingerprint density at radius 1 is 1.22 bits per heavy atom. The zero-order valence-electron chi connectivity index (χ0n) is 14.9. The third-order valence-electron chi connectivity index (χ3n) is 4.81. The molecule has 1 saturated heterocycles. The SMILES string of the molecule is Cc1ccc(O)c(NC(=O)C2CC(=O)N(Cc3ccc4c(c3)OCO4)C2)c1. The molecule has 0 bridgehead atoms. The highest BCUT2D eigenvalue weighted by Crippen LogP contribution is 2.33. The highest BCUT2D eigenvalue weighted by Gasteiger charge is 2.34. The van der Waals surface area contributed by atoms with Crippen molar-refractivity contribution in [3.8, 4) is 17.2 Å². The molecule has 2 N–H and O–H groups in total. The van der Waals surface area contributed by atoms with E-state index in [1.165, 1.54) is 6.07 Å². The smallest absolute Gasteiger partial charge is 0.231 e. The van der Waals surface area contributed by atoms with Crippen LogP contribution < -0.4 is 14.8 Å². The number of carbonyl (C=O) groups excluding carboxylic acids is 2. The highest BCUT2D eigenvalue weighted by atomic mass is 16.7. The van der Waals surface area contributed by atoms with Gasteiger partial charge in [-0.05, 0) is 42.3 Å². The van der Waals surface area contributed by atoms with Crippen molar-refractivity contribution in [3.05, 3.63) is 47.5 Å². The van der Waals surface area contributed by atoms with E-state index < -0.39 is 5.92 Å². The van der Waals surface area contributed by atoms with Gasteiger partial charge in [0.25, 0.3) is 0 Å². The fourth-order valence-electron chi connectivity index (χ4n) is 3.35. The van der Waals surface area contributed by atoms with Gasteiger partial charge in [0.1, 0.15) is 5.75 Å². The van der Waals surface area contributed by atoms with E-state index in [1.54, 1.807) is 17.0 Å². The lowest BCUT2D eigenvalue weighted by molar-refractivity contribution is -0.128. The van der Waals surface area contributed by atoms with Crippen molar-refractivity contribution in [2.75, 3.05) is 18.7 Å². The molecule has 0 aromatic heterocycles. The van der Waals surface area contributed by atoms with Gasteiger partial charge in [0.15, 0.2) is 11.5 Å². The number of nitrogens with one attached hydrogen (secondary N) is 1. The predicted octanol–water partition coefficient (Wildman–Crippen LogP) is 2.42. The second kappa shape index (κ2) is 6.83. The molecule has 2 aromatic rings. The zero-order chi connectivity index (χ0) is 19.0. The minimum Gasteiger partial charge on any atom is -0.506 e. The third-order valence-corrected chi connectivity index (χ3v) is 4.81. The standard InChI is InChI=1S/C20H20N2O5/c1-12-2-4-16(23)15(6-12)21-20(25)14-8-19(24)22(10-14)9-13-3-5-17-18(7-13)27-11-26-17/h2-7,14,23H,8-11H2,1H3,(H,21,25). The lowest BCUT2D eigenvalue weighted by Crippen LogP contribution is -2.28. The minimum absolute atomic E-state index is 0.00971. The van der Waals surface area contributed by atoms with Crippen LogP contribution in [-0.4, -0.2) is 35.2 Å². The van der Waals surface area contributed by atoms with Crippen molar-refractivity contribution in [2.45, 2.75) is 19.9 Å². The van der Waals surface area contributed by atoms with Crippen LogP contribution >= 0.6 is 0 Å². The van der Waals surface area contributed by atoms with Crippen LogP contribution in [0.2, 0.25) is 0 Å². The quantitative estimate of drug-likeness (QED) is 0.809. The number of amides is 2. The number of phenolic OH excluding ortho intramolecular Hbond substituents is 1. The van der Waals surface area contributed by atoms with Gasteiger partial charge < -0.3 is 24.8 Å². The van der Waals surface area contributed by atoms with Crippen molar-refractivity contribution >= 4 is 17.5 Å². The summed E-state index contributed by atoms with van der Waals surface area (Å²) >= 11 is 0. The van der Waals surface area contributed by atoms with Gasteiger partial charge in [0, 0.05) is 19.5 Å². The van der Waals surface area contributed by atoms with E-state index in [2.05, 4.69) is 5.32 Å². The van der Waals surface area contributed by atoms with Gasteiger partial charge in [-0.3, -0.25) is 9.59 Å². The summed E-state index contributed by atoms with van der Waals surface area (Å²) in [5.74, 6) is 0.589. The molecule has 27 heavy (non-hydrogen) atoms. The van der Waals surface area contributed by atoms with Gasteiger partial charge in [0.05, 0.1) is 11.6 Å². The fourth-order valence-corrected chi connectivity index (χ4v) is 3.35. The van der Waals surface area contributed by atoms with E-state index in [0.717, 1.165) is 11.1 Å². The summed E-state index contributed by atoms with van der Waals surface area (Å²) in [7, 11) is 0. The molecule has 7 heteroatoms. The van der Waals surface area contributed by atoms with Crippen molar-refractivity contribution in [1.29, 1.82) is 0 Å². The molecule has 2 heterocycles. The number of phenols is 1. The number of ether oxygens (including phenoxy) is 2. The average molecular weight is 368 g/mol. The van der Waals surface area contributed by atoms with E-state index in [9.17, 15) is 14.7 Å². The number of aromatic hydroxyl groups is 1. The van der Waals surface area contributed by atoms with Crippen LogP contribution in [0.3, 0.4) is 0 Å². The number of benzene rings is 2. The maximum absolute atomic E-state index is 12.5. The van der Waals surface area contributed by atoms with Crippen LogP contribution in [0.25, 0.3) is 0 Å². The van der Waals surface area contributed by atoms with Crippen molar-refractivity contribution in [2.24, 2.45) is 5.92 Å². The number of hydrogen-bond acceptors (Lipinski definition) is 5. The summed E-state index contributed by atoms with van der Waals surface area (Å²) in [6.45, 7) is 2.83. The Bertz CT molecular complexity index is 911. The van der Waals surface area contributed by atoms with Gasteiger partial charge in [-0.1, -0.05) is 12.1 Å². The maximum Gasteiger partial charge on any atom is 0.231 e. The first kappa shape index (κ1) is 17.2. The molecule has 140 valence electrons. The molecular formula is C20H20N2O5. The van der Waals surface area contributed by atoms with Gasteiger partial charge in [-0.25, -0.2) is 0 Å². The maximum atomic E-state index is 12.5. The number of fused-ring (bicyclic) bond motifs is 1. The Kier molecular flexibility index (Phi) is 4.35. The third kappa shape index (κ3) is 3.53. The molecule has 7 nitrogen and oxygen atoms in total. The second-order valence-electron chi connectivity index (χ2n) is 6.87. The van der Waals surface area contributed by atoms with Gasteiger partial charge in [-0.15, -0.1) is 0 Å². The van der Waals surface area contributed by atoms with E-state index in [-0.39, 0.29) is 30.8 Å². The van der Waals surface area contributed by atoms with Crippen LogP contribution in [0.4, 0.5) is 5.69 Å². The van der Waals surface area contributed by atoms with E-state index in [0.29, 0.717) is 30.3 Å². The minimum atomic E-state index is -0.452. The molecule has 0 aliphatic carbocycles.